The molecule has 112 valence electrons. The van der Waals surface area contributed by atoms with E-state index in [1.54, 1.807) is 17.8 Å². The number of nitrogens with one attached hydrogen (secondary N) is 1. The molecule has 0 bridgehead atoms. The Morgan fingerprint density at radius 1 is 0.952 bits per heavy atom. The topological polar surface area (TPSA) is 12.0 Å². The maximum atomic E-state index is 12.9. The van der Waals surface area contributed by atoms with Crippen molar-refractivity contribution in [1.82, 2.24) is 5.32 Å². The molecule has 1 nitrogen and oxygen atoms in total. The van der Waals surface area contributed by atoms with Crippen LogP contribution in [-0.4, -0.2) is 6.26 Å². The predicted molar refractivity (Wildman–Crippen MR) is 80.2 cm³/mol. The number of alkyl halides is 3. The van der Waals surface area contributed by atoms with Crippen LogP contribution in [0.1, 0.15) is 16.7 Å². The van der Waals surface area contributed by atoms with Crippen molar-refractivity contribution in [3.8, 4) is 0 Å². The van der Waals surface area contributed by atoms with Crippen LogP contribution in [0.5, 0.6) is 0 Å². The third-order valence-electron chi connectivity index (χ3n) is 3.13. The molecular weight excluding hydrogens is 295 g/mol. The summed E-state index contributed by atoms with van der Waals surface area (Å²) in [6.07, 6.45) is -2.31. The van der Waals surface area contributed by atoms with Gasteiger partial charge in [0, 0.05) is 18.0 Å². The summed E-state index contributed by atoms with van der Waals surface area (Å²) < 4.78 is 38.6. The van der Waals surface area contributed by atoms with Crippen LogP contribution in [0.3, 0.4) is 0 Å². The number of rotatable bonds is 5. The molecule has 2 rings (SSSR count). The number of hydrogen-bond acceptors (Lipinski definition) is 2. The highest BCUT2D eigenvalue weighted by molar-refractivity contribution is 7.98. The monoisotopic (exact) mass is 311 g/mol. The van der Waals surface area contributed by atoms with Crippen molar-refractivity contribution in [2.24, 2.45) is 0 Å². The van der Waals surface area contributed by atoms with Crippen molar-refractivity contribution in [3.63, 3.8) is 0 Å². The molecule has 0 heterocycles. The predicted octanol–water partition coefficient (Wildman–Crippen LogP) is 4.72. The molecule has 0 aliphatic rings. The third kappa shape index (κ3) is 4.51. The number of hydrogen-bond donors (Lipinski definition) is 1. The minimum atomic E-state index is -4.31. The molecule has 0 aromatic heterocycles. The van der Waals surface area contributed by atoms with Crippen LogP contribution in [0.4, 0.5) is 13.2 Å². The smallest absolute Gasteiger partial charge is 0.309 e. The molecule has 2 aromatic rings. The van der Waals surface area contributed by atoms with Gasteiger partial charge in [0.05, 0.1) is 5.56 Å². The zero-order valence-corrected chi connectivity index (χ0v) is 12.4. The van der Waals surface area contributed by atoms with Crippen LogP contribution < -0.4 is 5.32 Å². The third-order valence-corrected chi connectivity index (χ3v) is 3.87. The first-order valence-corrected chi connectivity index (χ1v) is 7.72. The summed E-state index contributed by atoms with van der Waals surface area (Å²) in [6.45, 7) is 0.737. The average molecular weight is 311 g/mol. The van der Waals surface area contributed by atoms with Gasteiger partial charge in [-0.2, -0.15) is 13.2 Å². The molecule has 0 saturated carbocycles. The molecule has 0 saturated heterocycles. The van der Waals surface area contributed by atoms with E-state index in [4.69, 9.17) is 0 Å². The lowest BCUT2D eigenvalue weighted by Gasteiger charge is -2.13. The molecule has 21 heavy (non-hydrogen) atoms. The quantitative estimate of drug-likeness (QED) is 0.802. The minimum absolute atomic E-state index is 0.194. The van der Waals surface area contributed by atoms with Crippen LogP contribution in [-0.2, 0) is 19.3 Å². The summed E-state index contributed by atoms with van der Waals surface area (Å²) >= 11 is 1.66. The normalized spacial score (nSPS) is 11.6. The lowest BCUT2D eigenvalue weighted by molar-refractivity contribution is -0.138. The Hall–Kier alpha value is -1.46. The maximum Gasteiger partial charge on any atom is 0.416 e. The molecule has 0 fully saturated rings. The highest BCUT2D eigenvalue weighted by atomic mass is 32.2. The van der Waals surface area contributed by atoms with E-state index in [9.17, 15) is 13.2 Å². The average Bonchev–Trinajstić information content (AvgIpc) is 2.47. The first-order valence-electron chi connectivity index (χ1n) is 6.49. The molecule has 0 aliphatic carbocycles. The Balaban J connectivity index is 1.97. The fourth-order valence-corrected chi connectivity index (χ4v) is 2.44. The molecule has 2 aromatic carbocycles. The molecule has 0 amide bonds. The zero-order chi connectivity index (χ0) is 15.3. The molecule has 0 spiro atoms. The molecule has 5 heteroatoms. The second-order valence-electron chi connectivity index (χ2n) is 4.61. The second kappa shape index (κ2) is 7.00. The van der Waals surface area contributed by atoms with Crippen molar-refractivity contribution < 1.29 is 13.2 Å². The molecule has 0 aliphatic heterocycles. The number of thioether (sulfide) groups is 1. The number of benzene rings is 2. The summed E-state index contributed by atoms with van der Waals surface area (Å²) in [4.78, 5) is 1.17. The van der Waals surface area contributed by atoms with Crippen molar-refractivity contribution in [2.45, 2.75) is 24.2 Å². The Morgan fingerprint density at radius 3 is 2.24 bits per heavy atom. The van der Waals surface area contributed by atoms with E-state index in [0.29, 0.717) is 6.54 Å². The van der Waals surface area contributed by atoms with Gasteiger partial charge in [0.2, 0.25) is 0 Å². The van der Waals surface area contributed by atoms with E-state index >= 15 is 0 Å². The zero-order valence-electron chi connectivity index (χ0n) is 11.6. The maximum absolute atomic E-state index is 12.9. The lowest BCUT2D eigenvalue weighted by Crippen LogP contribution is -2.17. The van der Waals surface area contributed by atoms with E-state index in [2.05, 4.69) is 5.32 Å². The van der Waals surface area contributed by atoms with Crippen molar-refractivity contribution in [2.75, 3.05) is 6.26 Å². The lowest BCUT2D eigenvalue weighted by atomic mass is 10.1. The van der Waals surface area contributed by atoms with Gasteiger partial charge in [0.1, 0.15) is 0 Å². The van der Waals surface area contributed by atoms with E-state index in [0.717, 1.165) is 11.6 Å². The van der Waals surface area contributed by atoms with Crippen molar-refractivity contribution in [3.05, 3.63) is 65.2 Å². The highest BCUT2D eigenvalue weighted by Gasteiger charge is 2.32. The van der Waals surface area contributed by atoms with Gasteiger partial charge in [-0.05, 0) is 35.6 Å². The van der Waals surface area contributed by atoms with Gasteiger partial charge in [-0.3, -0.25) is 0 Å². The van der Waals surface area contributed by atoms with Gasteiger partial charge in [0.25, 0.3) is 0 Å². The summed E-state index contributed by atoms with van der Waals surface area (Å²) in [7, 11) is 0. The SMILES string of the molecule is CSc1ccc(CNCc2ccccc2C(F)(F)F)cc1. The Kier molecular flexibility index (Phi) is 5.31. The van der Waals surface area contributed by atoms with Gasteiger partial charge in [0.15, 0.2) is 0 Å². The van der Waals surface area contributed by atoms with E-state index in [1.165, 1.54) is 17.0 Å². The van der Waals surface area contributed by atoms with Gasteiger partial charge in [-0.15, -0.1) is 11.8 Å². The fraction of sp³-hybridized carbons (Fsp3) is 0.250. The van der Waals surface area contributed by atoms with E-state index < -0.39 is 11.7 Å². The second-order valence-corrected chi connectivity index (χ2v) is 5.49. The standard InChI is InChI=1S/C16H16F3NS/c1-21-14-8-6-12(7-9-14)10-20-11-13-4-2-3-5-15(13)16(17,18)19/h2-9,20H,10-11H2,1H3. The van der Waals surface area contributed by atoms with Gasteiger partial charge >= 0.3 is 6.18 Å². The summed E-state index contributed by atoms with van der Waals surface area (Å²) in [5, 5.41) is 3.06. The van der Waals surface area contributed by atoms with Crippen molar-refractivity contribution >= 4 is 11.8 Å². The minimum Gasteiger partial charge on any atom is -0.309 e. The van der Waals surface area contributed by atoms with Gasteiger partial charge < -0.3 is 5.32 Å². The van der Waals surface area contributed by atoms with E-state index in [1.807, 2.05) is 30.5 Å². The highest BCUT2D eigenvalue weighted by Crippen LogP contribution is 2.31. The van der Waals surface area contributed by atoms with Crippen molar-refractivity contribution in [1.29, 1.82) is 0 Å². The van der Waals surface area contributed by atoms with Crippen LogP contribution >= 0.6 is 11.8 Å². The first-order chi connectivity index (χ1) is 10.0. The van der Waals surface area contributed by atoms with Crippen LogP contribution in [0.15, 0.2) is 53.4 Å². The number of halogens is 3. The summed E-state index contributed by atoms with van der Waals surface area (Å²) in [5.41, 5.74) is 0.748. The van der Waals surface area contributed by atoms with Gasteiger partial charge in [-0.1, -0.05) is 30.3 Å². The largest absolute Gasteiger partial charge is 0.416 e. The fourth-order valence-electron chi connectivity index (χ4n) is 2.04. The first kappa shape index (κ1) is 15.9. The Morgan fingerprint density at radius 2 is 1.62 bits per heavy atom. The molecular formula is C16H16F3NS. The molecule has 0 radical (unpaired) electrons. The van der Waals surface area contributed by atoms with E-state index in [-0.39, 0.29) is 12.1 Å². The molecule has 1 N–H and O–H groups in total. The van der Waals surface area contributed by atoms with Crippen LogP contribution in [0.2, 0.25) is 0 Å². The van der Waals surface area contributed by atoms with Gasteiger partial charge in [-0.25, -0.2) is 0 Å². The molecule has 0 unspecified atom stereocenters. The summed E-state index contributed by atoms with van der Waals surface area (Å²) in [6, 6.07) is 13.6. The van der Waals surface area contributed by atoms with Crippen LogP contribution in [0, 0.1) is 0 Å². The Bertz CT molecular complexity index is 579. The molecule has 0 atom stereocenters. The Labute approximate surface area is 126 Å². The van der Waals surface area contributed by atoms with Crippen LogP contribution in [0.25, 0.3) is 0 Å². The summed E-state index contributed by atoms with van der Waals surface area (Å²) in [5.74, 6) is 0.